The lowest BCUT2D eigenvalue weighted by Gasteiger charge is -2.16. The summed E-state index contributed by atoms with van der Waals surface area (Å²) in [5.41, 5.74) is -1.16. The maximum atomic E-state index is 12.7. The van der Waals surface area contributed by atoms with Crippen LogP contribution in [0.25, 0.3) is 0 Å². The van der Waals surface area contributed by atoms with Crippen LogP contribution in [0.5, 0.6) is 0 Å². The van der Waals surface area contributed by atoms with Crippen LogP contribution in [-0.4, -0.2) is 28.5 Å². The number of aromatic nitrogens is 1. The Morgan fingerprint density at radius 3 is 2.27 bits per heavy atom. The SMILES string of the molecule is CC(C)C(Cl)C(=O)Nc1ccccc1C(F)(F)F.O=CCC(=O)Nc1ccccn1. The van der Waals surface area contributed by atoms with Gasteiger partial charge in [0.05, 0.1) is 17.7 Å². The molecular weight excluding hydrogens is 423 g/mol. The highest BCUT2D eigenvalue weighted by molar-refractivity contribution is 6.32. The van der Waals surface area contributed by atoms with E-state index in [0.717, 1.165) is 6.07 Å². The fourth-order valence-electron chi connectivity index (χ4n) is 2.05. The maximum Gasteiger partial charge on any atom is 0.418 e. The van der Waals surface area contributed by atoms with Crippen molar-refractivity contribution in [2.75, 3.05) is 10.6 Å². The number of para-hydroxylation sites is 1. The molecule has 0 aliphatic heterocycles. The van der Waals surface area contributed by atoms with Crippen molar-refractivity contribution in [3.05, 3.63) is 54.2 Å². The lowest BCUT2D eigenvalue weighted by Crippen LogP contribution is -2.28. The van der Waals surface area contributed by atoms with Crippen molar-refractivity contribution < 1.29 is 27.6 Å². The summed E-state index contributed by atoms with van der Waals surface area (Å²) in [5.74, 6) is -0.680. The highest BCUT2D eigenvalue weighted by Crippen LogP contribution is 2.34. The van der Waals surface area contributed by atoms with Crippen LogP contribution in [0.2, 0.25) is 0 Å². The van der Waals surface area contributed by atoms with Crippen molar-refractivity contribution >= 4 is 41.2 Å². The van der Waals surface area contributed by atoms with Gasteiger partial charge in [0.25, 0.3) is 0 Å². The number of nitrogens with zero attached hydrogens (tertiary/aromatic N) is 1. The number of benzene rings is 1. The number of pyridine rings is 1. The Kier molecular flexibility index (Phi) is 9.97. The van der Waals surface area contributed by atoms with Gasteiger partial charge in [0.15, 0.2) is 0 Å². The van der Waals surface area contributed by atoms with Gasteiger partial charge < -0.3 is 15.4 Å². The number of hydrogen-bond acceptors (Lipinski definition) is 4. The summed E-state index contributed by atoms with van der Waals surface area (Å²) >= 11 is 5.79. The van der Waals surface area contributed by atoms with Gasteiger partial charge in [-0.05, 0) is 30.2 Å². The van der Waals surface area contributed by atoms with Gasteiger partial charge in [-0.1, -0.05) is 32.0 Å². The number of aldehydes is 1. The number of anilines is 2. The van der Waals surface area contributed by atoms with E-state index in [-0.39, 0.29) is 23.9 Å². The first-order valence-electron chi connectivity index (χ1n) is 8.82. The molecule has 2 amide bonds. The van der Waals surface area contributed by atoms with Crippen LogP contribution < -0.4 is 10.6 Å². The molecule has 1 aromatic heterocycles. The third-order valence-corrected chi connectivity index (χ3v) is 4.23. The molecule has 1 unspecified atom stereocenters. The summed E-state index contributed by atoms with van der Waals surface area (Å²) < 4.78 is 38.0. The molecule has 1 aromatic carbocycles. The minimum absolute atomic E-state index is 0.128. The summed E-state index contributed by atoms with van der Waals surface area (Å²) in [6, 6.07) is 9.95. The Labute approximate surface area is 176 Å². The average molecular weight is 444 g/mol. The van der Waals surface area contributed by atoms with E-state index in [1.165, 1.54) is 18.2 Å². The molecule has 6 nitrogen and oxygen atoms in total. The first-order valence-corrected chi connectivity index (χ1v) is 9.25. The monoisotopic (exact) mass is 443 g/mol. The molecule has 0 aliphatic carbocycles. The molecule has 2 rings (SSSR count). The molecular formula is C20H21ClF3N3O3. The second-order valence-electron chi connectivity index (χ2n) is 6.31. The fraction of sp³-hybridized carbons (Fsp3) is 0.300. The highest BCUT2D eigenvalue weighted by Gasteiger charge is 2.34. The third kappa shape index (κ3) is 8.60. The van der Waals surface area contributed by atoms with Crippen molar-refractivity contribution in [3.63, 3.8) is 0 Å². The number of nitrogens with one attached hydrogen (secondary N) is 2. The maximum absolute atomic E-state index is 12.7. The van der Waals surface area contributed by atoms with Gasteiger partial charge in [-0.2, -0.15) is 13.2 Å². The number of carbonyl (C=O) groups excluding carboxylic acids is 3. The zero-order valence-electron chi connectivity index (χ0n) is 16.2. The smallest absolute Gasteiger partial charge is 0.324 e. The van der Waals surface area contributed by atoms with E-state index in [1.54, 1.807) is 38.2 Å². The van der Waals surface area contributed by atoms with Crippen LogP contribution in [0.4, 0.5) is 24.7 Å². The van der Waals surface area contributed by atoms with E-state index >= 15 is 0 Å². The van der Waals surface area contributed by atoms with Crippen LogP contribution in [0, 0.1) is 5.92 Å². The molecule has 0 bridgehead atoms. The first-order chi connectivity index (χ1) is 14.1. The topological polar surface area (TPSA) is 88.2 Å². The molecule has 1 atom stereocenters. The van der Waals surface area contributed by atoms with Crippen molar-refractivity contribution in [1.29, 1.82) is 0 Å². The van der Waals surface area contributed by atoms with Crippen LogP contribution >= 0.6 is 11.6 Å². The van der Waals surface area contributed by atoms with Gasteiger partial charge in [-0.15, -0.1) is 11.6 Å². The molecule has 1 heterocycles. The van der Waals surface area contributed by atoms with E-state index in [1.807, 2.05) is 0 Å². The van der Waals surface area contributed by atoms with Gasteiger partial charge >= 0.3 is 6.18 Å². The lowest BCUT2D eigenvalue weighted by atomic mass is 10.1. The van der Waals surface area contributed by atoms with Crippen molar-refractivity contribution in [2.24, 2.45) is 5.92 Å². The van der Waals surface area contributed by atoms with Crippen molar-refractivity contribution in [1.82, 2.24) is 4.98 Å². The van der Waals surface area contributed by atoms with E-state index in [9.17, 15) is 27.6 Å². The van der Waals surface area contributed by atoms with Crippen LogP contribution in [0.15, 0.2) is 48.7 Å². The van der Waals surface area contributed by atoms with Gasteiger partial charge in [0, 0.05) is 6.20 Å². The number of amides is 2. The predicted octanol–water partition coefficient (Wildman–Crippen LogP) is 4.52. The summed E-state index contributed by atoms with van der Waals surface area (Å²) in [4.78, 5) is 36.2. The molecule has 0 radical (unpaired) electrons. The fourth-order valence-corrected chi connectivity index (χ4v) is 2.10. The molecule has 30 heavy (non-hydrogen) atoms. The molecule has 2 aromatic rings. The quantitative estimate of drug-likeness (QED) is 0.390. The van der Waals surface area contributed by atoms with Gasteiger partial charge in [-0.25, -0.2) is 4.98 Å². The molecule has 0 saturated heterocycles. The summed E-state index contributed by atoms with van der Waals surface area (Å²) in [7, 11) is 0. The molecule has 0 aliphatic rings. The molecule has 10 heteroatoms. The first kappa shape index (κ1) is 25.1. The zero-order chi connectivity index (χ0) is 22.7. The van der Waals surface area contributed by atoms with Crippen molar-refractivity contribution in [2.45, 2.75) is 31.8 Å². The molecule has 0 fully saturated rings. The second-order valence-corrected chi connectivity index (χ2v) is 6.78. The summed E-state index contributed by atoms with van der Waals surface area (Å²) in [6.45, 7) is 3.43. The zero-order valence-corrected chi connectivity index (χ0v) is 17.0. The highest BCUT2D eigenvalue weighted by atomic mass is 35.5. The van der Waals surface area contributed by atoms with E-state index in [0.29, 0.717) is 12.1 Å². The number of rotatable bonds is 6. The Morgan fingerprint density at radius 2 is 1.73 bits per heavy atom. The normalized spacial score (nSPS) is 11.7. The molecule has 0 saturated carbocycles. The van der Waals surface area contributed by atoms with Gasteiger partial charge in [0.1, 0.15) is 17.5 Å². The average Bonchev–Trinajstić information content (AvgIpc) is 2.68. The number of carbonyl (C=O) groups is 3. The standard InChI is InChI=1S/C12H13ClF3NO.C8H8N2O2/c1-7(2)10(13)11(18)17-9-6-4-3-5-8(9)12(14,15)16;11-6-4-8(12)10-7-3-1-2-5-9-7/h3-7,10H,1-2H3,(H,17,18);1-3,5-6H,4H2,(H,9,10,12). The Bertz CT molecular complexity index is 846. The van der Waals surface area contributed by atoms with Crippen LogP contribution in [-0.2, 0) is 20.6 Å². The predicted molar refractivity (Wildman–Crippen MR) is 108 cm³/mol. The van der Waals surface area contributed by atoms with Crippen molar-refractivity contribution in [3.8, 4) is 0 Å². The van der Waals surface area contributed by atoms with E-state index < -0.39 is 23.0 Å². The number of alkyl halides is 4. The number of hydrogen-bond donors (Lipinski definition) is 2. The minimum atomic E-state index is -4.51. The van der Waals surface area contributed by atoms with E-state index in [2.05, 4.69) is 15.6 Å². The van der Waals surface area contributed by atoms with Crippen LogP contribution in [0.3, 0.4) is 0 Å². The molecule has 162 valence electrons. The summed E-state index contributed by atoms with van der Waals surface area (Å²) in [6.07, 6.45) is -2.52. The Morgan fingerprint density at radius 1 is 1.10 bits per heavy atom. The Hall–Kier alpha value is -2.94. The summed E-state index contributed by atoms with van der Waals surface area (Å²) in [5, 5.41) is 3.80. The lowest BCUT2D eigenvalue weighted by molar-refractivity contribution is -0.137. The number of halogens is 4. The van der Waals surface area contributed by atoms with E-state index in [4.69, 9.17) is 11.6 Å². The second kappa shape index (κ2) is 11.9. The van der Waals surface area contributed by atoms with Gasteiger partial charge in [-0.3, -0.25) is 9.59 Å². The largest absolute Gasteiger partial charge is 0.418 e. The Balaban J connectivity index is 0.000000325. The van der Waals surface area contributed by atoms with Crippen LogP contribution in [0.1, 0.15) is 25.8 Å². The minimum Gasteiger partial charge on any atom is -0.324 e. The molecule has 0 spiro atoms. The van der Waals surface area contributed by atoms with Gasteiger partial charge in [0.2, 0.25) is 11.8 Å². The third-order valence-electron chi connectivity index (χ3n) is 3.53. The molecule has 2 N–H and O–H groups in total.